The van der Waals surface area contributed by atoms with Crippen LogP contribution in [0, 0.1) is 0 Å². The summed E-state index contributed by atoms with van der Waals surface area (Å²) in [4.78, 5) is 0. The highest BCUT2D eigenvalue weighted by atomic mass is 127. The van der Waals surface area contributed by atoms with Gasteiger partial charge in [-0.3, -0.25) is 0 Å². The van der Waals surface area contributed by atoms with Crippen LogP contribution in [0.2, 0.25) is 0 Å². The smallest absolute Gasteiger partial charge is 0.109 e. The van der Waals surface area contributed by atoms with E-state index in [0.29, 0.717) is 4.43 Å². The molecule has 0 radical (unpaired) electrons. The predicted molar refractivity (Wildman–Crippen MR) is 52.4 cm³/mol. The van der Waals surface area contributed by atoms with E-state index in [2.05, 4.69) is 29.2 Å². The number of hydrogen-bond donors (Lipinski definition) is 0. The van der Waals surface area contributed by atoms with Gasteiger partial charge in [0.25, 0.3) is 0 Å². The molecule has 0 aliphatic carbocycles. The van der Waals surface area contributed by atoms with Crippen molar-refractivity contribution in [1.29, 1.82) is 0 Å². The normalized spacial score (nSPS) is 13.0. The molecule has 0 nitrogen and oxygen atoms in total. The summed E-state index contributed by atoms with van der Waals surface area (Å²) in [5, 5.41) is 0. The molecule has 1 atom stereocenters. The van der Waals surface area contributed by atoms with E-state index in [4.69, 9.17) is 0 Å². The van der Waals surface area contributed by atoms with Crippen LogP contribution in [0.5, 0.6) is 0 Å². The van der Waals surface area contributed by atoms with Crippen molar-refractivity contribution in [2.75, 3.05) is 4.43 Å². The minimum Gasteiger partial charge on any atom is -0.247 e. The van der Waals surface area contributed by atoms with Crippen LogP contribution >= 0.6 is 22.6 Å². The van der Waals surface area contributed by atoms with Crippen LogP contribution in [-0.2, 0) is 0 Å². The number of alkyl halides is 2. The molecule has 0 rings (SSSR count). The van der Waals surface area contributed by atoms with E-state index < -0.39 is 6.17 Å². The van der Waals surface area contributed by atoms with Crippen molar-refractivity contribution in [2.45, 2.75) is 31.9 Å². The second-order valence-electron chi connectivity index (χ2n) is 2.32. The van der Waals surface area contributed by atoms with E-state index in [1.165, 1.54) is 0 Å². The first-order valence-corrected chi connectivity index (χ1v) is 5.14. The molecule has 0 aromatic rings. The molecule has 0 saturated heterocycles. The summed E-state index contributed by atoms with van der Waals surface area (Å²) in [6, 6.07) is 0. The van der Waals surface area contributed by atoms with Crippen LogP contribution in [0.25, 0.3) is 0 Å². The van der Waals surface area contributed by atoms with Gasteiger partial charge in [-0.15, -0.1) is 6.58 Å². The molecule has 0 N–H and O–H groups in total. The molecule has 10 heavy (non-hydrogen) atoms. The zero-order chi connectivity index (χ0) is 7.82. The lowest BCUT2D eigenvalue weighted by Crippen LogP contribution is -1.99. The molecule has 0 fully saturated rings. The van der Waals surface area contributed by atoms with Crippen molar-refractivity contribution in [1.82, 2.24) is 0 Å². The summed E-state index contributed by atoms with van der Waals surface area (Å²) in [5.74, 6) is 0. The fourth-order valence-electron chi connectivity index (χ4n) is 0.732. The standard InChI is InChI=1S/C8H14FI/c1-2-3-4-5-6-8(9)7-10/h2,8H,1,3-7H2. The molecule has 0 saturated carbocycles. The van der Waals surface area contributed by atoms with Gasteiger partial charge in [-0.25, -0.2) is 4.39 Å². The SMILES string of the molecule is C=CCCCCC(F)CI. The van der Waals surface area contributed by atoms with Crippen LogP contribution < -0.4 is 0 Å². The van der Waals surface area contributed by atoms with E-state index in [1.54, 1.807) is 0 Å². The van der Waals surface area contributed by atoms with Gasteiger partial charge in [-0.1, -0.05) is 35.1 Å². The summed E-state index contributed by atoms with van der Waals surface area (Å²) in [5.41, 5.74) is 0. The Kier molecular flexibility index (Phi) is 7.81. The lowest BCUT2D eigenvalue weighted by atomic mass is 10.1. The minimum absolute atomic E-state index is 0.592. The van der Waals surface area contributed by atoms with Crippen LogP contribution in [0.15, 0.2) is 12.7 Å². The first kappa shape index (κ1) is 10.4. The Bertz CT molecular complexity index is 83.3. The summed E-state index contributed by atoms with van der Waals surface area (Å²) in [7, 11) is 0. The highest BCUT2D eigenvalue weighted by Gasteiger charge is 2.01. The van der Waals surface area contributed by atoms with E-state index in [9.17, 15) is 4.39 Å². The average Bonchev–Trinajstić information content (AvgIpc) is 1.98. The predicted octanol–water partition coefficient (Wildman–Crippen LogP) is 3.51. The van der Waals surface area contributed by atoms with Crippen molar-refractivity contribution >= 4 is 22.6 Å². The summed E-state index contributed by atoms with van der Waals surface area (Å²) >= 11 is 2.08. The van der Waals surface area contributed by atoms with Gasteiger partial charge >= 0.3 is 0 Å². The first-order chi connectivity index (χ1) is 4.81. The molecule has 0 amide bonds. The third-order valence-corrected chi connectivity index (χ3v) is 2.30. The lowest BCUT2D eigenvalue weighted by molar-refractivity contribution is 0.341. The quantitative estimate of drug-likeness (QED) is 0.295. The fourth-order valence-corrected chi connectivity index (χ4v) is 1.17. The Morgan fingerprint density at radius 1 is 1.50 bits per heavy atom. The summed E-state index contributed by atoms with van der Waals surface area (Å²) in [6.07, 6.45) is 5.11. The molecule has 2 heteroatoms. The number of rotatable bonds is 6. The summed E-state index contributed by atoms with van der Waals surface area (Å²) in [6.45, 7) is 3.60. The van der Waals surface area contributed by atoms with Gasteiger partial charge in [0.15, 0.2) is 0 Å². The number of hydrogen-bond acceptors (Lipinski definition) is 0. The molecule has 1 unspecified atom stereocenters. The molecule has 60 valence electrons. The van der Waals surface area contributed by atoms with Gasteiger partial charge in [0.05, 0.1) is 0 Å². The van der Waals surface area contributed by atoms with E-state index in [0.717, 1.165) is 25.7 Å². The molecule has 0 heterocycles. The Morgan fingerprint density at radius 2 is 2.20 bits per heavy atom. The van der Waals surface area contributed by atoms with Gasteiger partial charge in [0.2, 0.25) is 0 Å². The van der Waals surface area contributed by atoms with Crippen molar-refractivity contribution in [3.8, 4) is 0 Å². The fraction of sp³-hybridized carbons (Fsp3) is 0.750. The maximum atomic E-state index is 12.5. The van der Waals surface area contributed by atoms with E-state index in [-0.39, 0.29) is 0 Å². The van der Waals surface area contributed by atoms with Crippen molar-refractivity contribution in [3.05, 3.63) is 12.7 Å². The second-order valence-corrected chi connectivity index (χ2v) is 3.21. The number of unbranched alkanes of at least 4 members (excludes halogenated alkanes) is 2. The van der Waals surface area contributed by atoms with Crippen LogP contribution in [-0.4, -0.2) is 10.6 Å². The molecule has 0 aromatic carbocycles. The number of halogens is 2. The Balaban J connectivity index is 2.95. The Hall–Kier alpha value is 0.400. The van der Waals surface area contributed by atoms with E-state index in [1.807, 2.05) is 6.08 Å². The topological polar surface area (TPSA) is 0 Å². The zero-order valence-electron chi connectivity index (χ0n) is 6.15. The van der Waals surface area contributed by atoms with Gasteiger partial charge in [-0.2, -0.15) is 0 Å². The van der Waals surface area contributed by atoms with Crippen LogP contribution in [0.1, 0.15) is 25.7 Å². The van der Waals surface area contributed by atoms with Gasteiger partial charge in [-0.05, 0) is 19.3 Å². The third kappa shape index (κ3) is 6.52. The molecule has 0 aliphatic rings. The largest absolute Gasteiger partial charge is 0.247 e. The van der Waals surface area contributed by atoms with Gasteiger partial charge in [0, 0.05) is 4.43 Å². The minimum atomic E-state index is -0.592. The molecular formula is C8H14FI. The van der Waals surface area contributed by atoms with Crippen molar-refractivity contribution in [3.63, 3.8) is 0 Å². The monoisotopic (exact) mass is 256 g/mol. The van der Waals surface area contributed by atoms with Crippen LogP contribution in [0.3, 0.4) is 0 Å². The average molecular weight is 256 g/mol. The lowest BCUT2D eigenvalue weighted by Gasteiger charge is -2.01. The highest BCUT2D eigenvalue weighted by molar-refractivity contribution is 14.1. The zero-order valence-corrected chi connectivity index (χ0v) is 8.31. The van der Waals surface area contributed by atoms with Gasteiger partial charge in [0.1, 0.15) is 6.17 Å². The summed E-state index contributed by atoms with van der Waals surface area (Å²) < 4.78 is 13.2. The van der Waals surface area contributed by atoms with E-state index >= 15 is 0 Å². The number of allylic oxidation sites excluding steroid dienone is 1. The first-order valence-electron chi connectivity index (χ1n) is 3.62. The molecule has 0 bridgehead atoms. The second kappa shape index (κ2) is 7.51. The Morgan fingerprint density at radius 3 is 2.70 bits per heavy atom. The molecule has 0 aromatic heterocycles. The maximum Gasteiger partial charge on any atom is 0.109 e. The van der Waals surface area contributed by atoms with Crippen molar-refractivity contribution in [2.24, 2.45) is 0 Å². The third-order valence-electron chi connectivity index (χ3n) is 1.34. The highest BCUT2D eigenvalue weighted by Crippen LogP contribution is 2.08. The Labute approximate surface area is 76.0 Å². The maximum absolute atomic E-state index is 12.5. The molecule has 0 spiro atoms. The molecule has 0 aliphatic heterocycles. The molecular weight excluding hydrogens is 242 g/mol. The van der Waals surface area contributed by atoms with Gasteiger partial charge < -0.3 is 0 Å². The van der Waals surface area contributed by atoms with Crippen molar-refractivity contribution < 1.29 is 4.39 Å². The van der Waals surface area contributed by atoms with Crippen LogP contribution in [0.4, 0.5) is 4.39 Å².